The predicted octanol–water partition coefficient (Wildman–Crippen LogP) is 2.55. The van der Waals surface area contributed by atoms with Crippen LogP contribution < -0.4 is 5.73 Å². The summed E-state index contributed by atoms with van der Waals surface area (Å²) in [5.74, 6) is 0.172. The first-order valence-electron chi connectivity index (χ1n) is 7.05. The van der Waals surface area contributed by atoms with E-state index in [4.69, 9.17) is 10.9 Å². The zero-order valence-corrected chi connectivity index (χ0v) is 11.5. The molecule has 0 unspecified atom stereocenters. The average molecular weight is 261 g/mol. The molecule has 0 heterocycles. The molecule has 1 aromatic rings. The predicted molar refractivity (Wildman–Crippen MR) is 77.3 cm³/mol. The Morgan fingerprint density at radius 1 is 1.42 bits per heavy atom. The second kappa shape index (κ2) is 6.57. The van der Waals surface area contributed by atoms with Crippen molar-refractivity contribution in [2.24, 2.45) is 10.9 Å². The molecule has 0 aliphatic heterocycles. The third-order valence-electron chi connectivity index (χ3n) is 3.96. The fourth-order valence-corrected chi connectivity index (χ4v) is 2.89. The number of hydrogen-bond acceptors (Lipinski definition) is 3. The van der Waals surface area contributed by atoms with Crippen LogP contribution in [-0.2, 0) is 6.54 Å². The minimum absolute atomic E-state index is 0.172. The number of rotatable bonds is 5. The van der Waals surface area contributed by atoms with Crippen molar-refractivity contribution in [3.05, 3.63) is 35.4 Å². The highest BCUT2D eigenvalue weighted by Crippen LogP contribution is 2.24. The smallest absolute Gasteiger partial charge is 0.170 e. The van der Waals surface area contributed by atoms with Gasteiger partial charge >= 0.3 is 0 Å². The number of hydrogen-bond donors (Lipinski definition) is 2. The van der Waals surface area contributed by atoms with Crippen LogP contribution in [0.5, 0.6) is 0 Å². The second-order valence-corrected chi connectivity index (χ2v) is 5.19. The van der Waals surface area contributed by atoms with Crippen molar-refractivity contribution < 1.29 is 5.21 Å². The molecule has 0 amide bonds. The molecule has 1 saturated carbocycles. The van der Waals surface area contributed by atoms with E-state index in [2.05, 4.69) is 23.0 Å². The van der Waals surface area contributed by atoms with Crippen molar-refractivity contribution in [2.45, 2.75) is 45.2 Å². The summed E-state index contributed by atoms with van der Waals surface area (Å²) in [7, 11) is 0. The first kappa shape index (κ1) is 13.9. The summed E-state index contributed by atoms with van der Waals surface area (Å²) in [5, 5.41) is 11.8. The van der Waals surface area contributed by atoms with E-state index in [0.717, 1.165) is 24.7 Å². The van der Waals surface area contributed by atoms with Crippen LogP contribution in [0.1, 0.15) is 43.7 Å². The second-order valence-electron chi connectivity index (χ2n) is 5.19. The molecule has 4 heteroatoms. The summed E-state index contributed by atoms with van der Waals surface area (Å²) in [6, 6.07) is 8.66. The lowest BCUT2D eigenvalue weighted by molar-refractivity contribution is 0.200. The van der Waals surface area contributed by atoms with Gasteiger partial charge in [0, 0.05) is 18.2 Å². The average Bonchev–Trinajstić information content (AvgIpc) is 2.98. The Morgan fingerprint density at radius 2 is 2.16 bits per heavy atom. The molecule has 0 saturated heterocycles. The Labute approximate surface area is 114 Å². The van der Waals surface area contributed by atoms with Crippen LogP contribution in [0.2, 0.25) is 0 Å². The largest absolute Gasteiger partial charge is 0.409 e. The van der Waals surface area contributed by atoms with E-state index in [1.165, 1.54) is 31.2 Å². The molecule has 0 bridgehead atoms. The van der Waals surface area contributed by atoms with E-state index in [0.29, 0.717) is 0 Å². The number of benzene rings is 1. The maximum atomic E-state index is 8.73. The van der Waals surface area contributed by atoms with Gasteiger partial charge in [0.05, 0.1) is 0 Å². The molecule has 0 radical (unpaired) electrons. The molecule has 1 aliphatic rings. The quantitative estimate of drug-likeness (QED) is 0.370. The molecule has 19 heavy (non-hydrogen) atoms. The summed E-state index contributed by atoms with van der Waals surface area (Å²) in [5.41, 5.74) is 7.64. The van der Waals surface area contributed by atoms with Crippen LogP contribution in [0.4, 0.5) is 0 Å². The lowest BCUT2D eigenvalue weighted by Crippen LogP contribution is -2.32. The van der Waals surface area contributed by atoms with Gasteiger partial charge in [-0.2, -0.15) is 0 Å². The van der Waals surface area contributed by atoms with E-state index >= 15 is 0 Å². The molecular weight excluding hydrogens is 238 g/mol. The van der Waals surface area contributed by atoms with Crippen LogP contribution in [-0.4, -0.2) is 28.5 Å². The Balaban J connectivity index is 2.08. The van der Waals surface area contributed by atoms with Crippen LogP contribution in [0.15, 0.2) is 29.4 Å². The number of oxime groups is 1. The van der Waals surface area contributed by atoms with E-state index in [9.17, 15) is 0 Å². The minimum Gasteiger partial charge on any atom is -0.409 e. The molecule has 1 aromatic carbocycles. The Kier molecular flexibility index (Phi) is 4.80. The Morgan fingerprint density at radius 3 is 2.79 bits per heavy atom. The molecular formula is C15H23N3O. The van der Waals surface area contributed by atoms with E-state index in [1.54, 1.807) is 0 Å². The van der Waals surface area contributed by atoms with Crippen molar-refractivity contribution >= 4 is 5.84 Å². The van der Waals surface area contributed by atoms with Crippen LogP contribution >= 0.6 is 0 Å². The van der Waals surface area contributed by atoms with Crippen molar-refractivity contribution in [2.75, 3.05) is 6.54 Å². The van der Waals surface area contributed by atoms with Gasteiger partial charge in [0.15, 0.2) is 5.84 Å². The van der Waals surface area contributed by atoms with Gasteiger partial charge in [-0.05, 0) is 31.0 Å². The molecule has 1 aliphatic carbocycles. The van der Waals surface area contributed by atoms with Gasteiger partial charge in [-0.15, -0.1) is 0 Å². The van der Waals surface area contributed by atoms with Gasteiger partial charge in [0.2, 0.25) is 0 Å². The molecule has 2 rings (SSSR count). The zero-order valence-electron chi connectivity index (χ0n) is 11.5. The van der Waals surface area contributed by atoms with Gasteiger partial charge in [-0.3, -0.25) is 4.90 Å². The highest BCUT2D eigenvalue weighted by molar-refractivity contribution is 5.97. The van der Waals surface area contributed by atoms with Gasteiger partial charge in [-0.1, -0.05) is 43.1 Å². The van der Waals surface area contributed by atoms with Gasteiger partial charge in [-0.25, -0.2) is 0 Å². The highest BCUT2D eigenvalue weighted by atomic mass is 16.4. The summed E-state index contributed by atoms with van der Waals surface area (Å²) >= 11 is 0. The molecule has 3 N–H and O–H groups in total. The van der Waals surface area contributed by atoms with E-state index in [-0.39, 0.29) is 5.84 Å². The normalized spacial score (nSPS) is 17.3. The van der Waals surface area contributed by atoms with Gasteiger partial charge in [0.25, 0.3) is 0 Å². The molecule has 104 valence electrons. The fourth-order valence-electron chi connectivity index (χ4n) is 2.89. The van der Waals surface area contributed by atoms with Crippen LogP contribution in [0.3, 0.4) is 0 Å². The lowest BCUT2D eigenvalue weighted by atomic mass is 10.1. The summed E-state index contributed by atoms with van der Waals surface area (Å²) in [6.07, 6.45) is 5.33. The molecule has 4 nitrogen and oxygen atoms in total. The summed E-state index contributed by atoms with van der Waals surface area (Å²) < 4.78 is 0. The van der Waals surface area contributed by atoms with Crippen molar-refractivity contribution in [3.63, 3.8) is 0 Å². The van der Waals surface area contributed by atoms with Crippen molar-refractivity contribution in [3.8, 4) is 0 Å². The fraction of sp³-hybridized carbons (Fsp3) is 0.533. The lowest BCUT2D eigenvalue weighted by Gasteiger charge is -2.27. The Hall–Kier alpha value is -1.55. The maximum absolute atomic E-state index is 8.73. The number of nitrogens with zero attached hydrogens (tertiary/aromatic N) is 2. The van der Waals surface area contributed by atoms with Gasteiger partial charge in [0.1, 0.15) is 0 Å². The highest BCUT2D eigenvalue weighted by Gasteiger charge is 2.21. The van der Waals surface area contributed by atoms with Crippen LogP contribution in [0, 0.1) is 0 Å². The molecule has 1 fully saturated rings. The maximum Gasteiger partial charge on any atom is 0.170 e. The third-order valence-corrected chi connectivity index (χ3v) is 3.96. The number of nitrogens with two attached hydrogens (primary N) is 1. The first-order valence-corrected chi connectivity index (χ1v) is 7.05. The van der Waals surface area contributed by atoms with E-state index in [1.807, 2.05) is 18.2 Å². The standard InChI is InChI=1S/C15H23N3O/c1-2-18(14-8-3-4-9-14)11-12-6-5-7-13(10-12)15(16)17-19/h5-7,10,14,19H,2-4,8-9,11H2,1H3,(H2,16,17). The van der Waals surface area contributed by atoms with Crippen LogP contribution in [0.25, 0.3) is 0 Å². The molecule has 0 atom stereocenters. The molecule has 0 aromatic heterocycles. The summed E-state index contributed by atoms with van der Waals surface area (Å²) in [4.78, 5) is 2.53. The van der Waals surface area contributed by atoms with E-state index < -0.39 is 0 Å². The Bertz CT molecular complexity index is 439. The van der Waals surface area contributed by atoms with Gasteiger partial charge < -0.3 is 10.9 Å². The number of amidine groups is 1. The first-order chi connectivity index (χ1) is 9.24. The van der Waals surface area contributed by atoms with Crippen molar-refractivity contribution in [1.29, 1.82) is 0 Å². The minimum atomic E-state index is 0.172. The third kappa shape index (κ3) is 3.47. The molecule has 0 spiro atoms. The summed E-state index contributed by atoms with van der Waals surface area (Å²) in [6.45, 7) is 4.22. The topological polar surface area (TPSA) is 61.8 Å². The van der Waals surface area contributed by atoms with Crippen molar-refractivity contribution in [1.82, 2.24) is 4.90 Å². The SMILES string of the molecule is CCN(Cc1cccc(C(N)=NO)c1)C1CCCC1. The monoisotopic (exact) mass is 261 g/mol. The zero-order chi connectivity index (χ0) is 13.7.